The Kier molecular flexibility index (Phi) is 8.13. The molecule has 1 rings (SSSR count). The Balaban J connectivity index is 3.46. The van der Waals surface area contributed by atoms with Crippen molar-refractivity contribution < 1.29 is 79.0 Å². The van der Waals surface area contributed by atoms with Crippen LogP contribution >= 0.6 is 22.2 Å². The van der Waals surface area contributed by atoms with Gasteiger partial charge in [-0.15, -0.1) is 22.2 Å². The maximum Gasteiger partial charge on any atom is 0.460 e. The molecule has 0 bridgehead atoms. The van der Waals surface area contributed by atoms with Crippen molar-refractivity contribution in [2.45, 2.75) is 48.3 Å². The maximum atomic E-state index is 13.8. The van der Waals surface area contributed by atoms with Crippen LogP contribution in [0.5, 0.6) is 0 Å². The zero-order chi connectivity index (χ0) is 28.4. The third-order valence-electron chi connectivity index (χ3n) is 4.33. The van der Waals surface area contributed by atoms with Gasteiger partial charge in [-0.2, -0.15) is 57.1 Å². The molecule has 0 heterocycles. The summed E-state index contributed by atoms with van der Waals surface area (Å²) in [7, 11) is 0. The van der Waals surface area contributed by atoms with E-state index in [4.69, 9.17) is 22.2 Å². The number of halogens is 20. The molecule has 35 heavy (non-hydrogen) atoms. The SMILES string of the molecule is Fc1c(F)c(F)c([Si](Cl)(Cl)CCC(F)(F)C(F)(F)C(F)(F)C(F)(F)C(F)(F)C(F)(F)F)c(F)c1F. The Bertz CT molecular complexity index is 940. The van der Waals surface area contributed by atoms with Gasteiger partial charge in [0, 0.05) is 11.6 Å². The smallest absolute Gasteiger partial charge is 0.204 e. The molecule has 0 nitrogen and oxygen atoms in total. The fraction of sp³-hybridized carbons (Fsp3) is 0.571. The molecule has 0 atom stereocenters. The van der Waals surface area contributed by atoms with Crippen molar-refractivity contribution in [3.63, 3.8) is 0 Å². The van der Waals surface area contributed by atoms with Gasteiger partial charge in [0.2, 0.25) is 5.82 Å². The summed E-state index contributed by atoms with van der Waals surface area (Å²) in [4.78, 5) is 0. The second-order valence-electron chi connectivity index (χ2n) is 6.65. The molecule has 0 fully saturated rings. The highest BCUT2D eigenvalue weighted by atomic mass is 35.7. The molecule has 0 saturated carbocycles. The lowest BCUT2D eigenvalue weighted by molar-refractivity contribution is -0.439. The predicted molar refractivity (Wildman–Crippen MR) is 83.5 cm³/mol. The summed E-state index contributed by atoms with van der Waals surface area (Å²) in [5.74, 6) is -52.9. The molecule has 21 heteroatoms. The van der Waals surface area contributed by atoms with E-state index >= 15 is 0 Å². The first-order valence-electron chi connectivity index (χ1n) is 7.99. The van der Waals surface area contributed by atoms with Crippen LogP contribution in [0.15, 0.2) is 0 Å². The topological polar surface area (TPSA) is 0 Å². The number of hydrogen-bond acceptors (Lipinski definition) is 0. The van der Waals surface area contributed by atoms with Gasteiger partial charge in [0.1, 0.15) is 0 Å². The van der Waals surface area contributed by atoms with Crippen molar-refractivity contribution >= 4 is 34.0 Å². The Morgan fingerprint density at radius 3 is 1.14 bits per heavy atom. The first kappa shape index (κ1) is 31.8. The highest BCUT2D eigenvalue weighted by Gasteiger charge is 2.90. The van der Waals surface area contributed by atoms with Crippen molar-refractivity contribution in [1.82, 2.24) is 0 Å². The van der Waals surface area contributed by atoms with Crippen molar-refractivity contribution in [2.75, 3.05) is 0 Å². The largest absolute Gasteiger partial charge is 0.460 e. The maximum absolute atomic E-state index is 13.8. The highest BCUT2D eigenvalue weighted by Crippen LogP contribution is 2.61. The summed E-state index contributed by atoms with van der Waals surface area (Å²) < 4.78 is 237. The quantitative estimate of drug-likeness (QED) is 0.0931. The summed E-state index contributed by atoms with van der Waals surface area (Å²) in [6.07, 6.45) is -10.7. The van der Waals surface area contributed by atoms with E-state index in [1.807, 2.05) is 0 Å². The fourth-order valence-corrected chi connectivity index (χ4v) is 5.63. The van der Waals surface area contributed by atoms with Crippen molar-refractivity contribution in [1.29, 1.82) is 0 Å². The van der Waals surface area contributed by atoms with Crippen LogP contribution in [0, 0.1) is 29.1 Å². The molecule has 0 aromatic heterocycles. The Morgan fingerprint density at radius 2 is 0.800 bits per heavy atom. The first-order chi connectivity index (χ1) is 15.1. The van der Waals surface area contributed by atoms with Gasteiger partial charge in [-0.25, -0.2) is 22.0 Å². The van der Waals surface area contributed by atoms with E-state index in [-0.39, 0.29) is 0 Å². The number of benzene rings is 1. The van der Waals surface area contributed by atoms with Gasteiger partial charge in [0.25, 0.3) is 6.69 Å². The average Bonchev–Trinajstić information content (AvgIpc) is 2.68. The lowest BCUT2D eigenvalue weighted by Gasteiger charge is -2.40. The molecule has 0 amide bonds. The Morgan fingerprint density at radius 1 is 0.486 bits per heavy atom. The zero-order valence-electron chi connectivity index (χ0n) is 15.5. The van der Waals surface area contributed by atoms with Gasteiger partial charge >= 0.3 is 35.8 Å². The van der Waals surface area contributed by atoms with E-state index in [9.17, 15) is 79.0 Å². The minimum atomic E-state index is -8.19. The molecule has 0 radical (unpaired) electrons. The second kappa shape index (κ2) is 8.95. The zero-order valence-corrected chi connectivity index (χ0v) is 18.0. The van der Waals surface area contributed by atoms with E-state index in [0.29, 0.717) is 0 Å². The lowest BCUT2D eigenvalue weighted by Crippen LogP contribution is -2.70. The highest BCUT2D eigenvalue weighted by molar-refractivity contribution is 7.51. The molecular weight excluding hydrogens is 609 g/mol. The summed E-state index contributed by atoms with van der Waals surface area (Å²) in [6, 6.07) is -2.28. The van der Waals surface area contributed by atoms with Crippen molar-refractivity contribution in [3.8, 4) is 0 Å². The minimum absolute atomic E-state index is 2.25. The van der Waals surface area contributed by atoms with Crippen LogP contribution in [-0.4, -0.2) is 42.5 Å². The Hall–Kier alpha value is -1.24. The van der Waals surface area contributed by atoms with Crippen molar-refractivity contribution in [2.24, 2.45) is 0 Å². The van der Waals surface area contributed by atoms with Gasteiger partial charge in [-0.05, 0) is 6.04 Å². The molecule has 204 valence electrons. The molecule has 0 spiro atoms. The van der Waals surface area contributed by atoms with E-state index in [1.165, 1.54) is 0 Å². The van der Waals surface area contributed by atoms with Crippen LogP contribution in [-0.2, 0) is 0 Å². The summed E-state index contributed by atoms with van der Waals surface area (Å²) in [5.41, 5.74) is 0. The number of hydrogen-bond donors (Lipinski definition) is 0. The van der Waals surface area contributed by atoms with Gasteiger partial charge in [0.05, 0.1) is 0 Å². The molecule has 0 unspecified atom stereocenters. The third-order valence-corrected chi connectivity index (χ3v) is 8.64. The predicted octanol–water partition coefficient (Wildman–Crippen LogP) is 7.64. The van der Waals surface area contributed by atoms with E-state index in [2.05, 4.69) is 0 Å². The fourth-order valence-electron chi connectivity index (χ4n) is 2.32. The van der Waals surface area contributed by atoms with Crippen LogP contribution in [0.4, 0.5) is 79.0 Å². The summed E-state index contributed by atoms with van der Waals surface area (Å²) >= 11 is 10.5. The Labute approximate surface area is 191 Å². The summed E-state index contributed by atoms with van der Waals surface area (Å²) in [6.45, 7) is -5.64. The molecule has 1 aromatic carbocycles. The normalized spacial score (nSPS) is 15.1. The van der Waals surface area contributed by atoms with E-state index in [0.717, 1.165) is 0 Å². The lowest BCUT2D eigenvalue weighted by atomic mass is 9.93. The van der Waals surface area contributed by atoms with Crippen LogP contribution in [0.2, 0.25) is 6.04 Å². The molecule has 0 aliphatic carbocycles. The van der Waals surface area contributed by atoms with Crippen LogP contribution in [0.3, 0.4) is 0 Å². The standard InChI is InChI=1S/C14H4Cl2F18Si/c15-35(16,8-6(20)4(18)3(17)5(19)7(8)21)2-1-9(22,23)10(24,25)11(26,27)12(28,29)13(30,31)14(32,33)34/h1-2H2. The van der Waals surface area contributed by atoms with E-state index < -0.39 is 89.2 Å². The minimum Gasteiger partial charge on any atom is -0.204 e. The molecule has 0 N–H and O–H groups in total. The number of rotatable bonds is 8. The van der Waals surface area contributed by atoms with Crippen LogP contribution in [0.25, 0.3) is 0 Å². The third kappa shape index (κ3) is 4.75. The molecule has 0 saturated heterocycles. The van der Waals surface area contributed by atoms with Gasteiger partial charge < -0.3 is 0 Å². The van der Waals surface area contributed by atoms with Gasteiger partial charge in [0.15, 0.2) is 23.3 Å². The van der Waals surface area contributed by atoms with Crippen molar-refractivity contribution in [3.05, 3.63) is 29.1 Å². The molecular formula is C14H4Cl2F18Si. The molecule has 1 aromatic rings. The molecule has 0 aliphatic rings. The van der Waals surface area contributed by atoms with E-state index in [1.54, 1.807) is 0 Å². The second-order valence-corrected chi connectivity index (χ2v) is 13.5. The number of alkyl halides is 13. The van der Waals surface area contributed by atoms with Crippen LogP contribution in [0.1, 0.15) is 6.42 Å². The van der Waals surface area contributed by atoms with Gasteiger partial charge in [-0.3, -0.25) is 0 Å². The monoisotopic (exact) mass is 612 g/mol. The first-order valence-corrected chi connectivity index (χ1v) is 12.2. The summed E-state index contributed by atoms with van der Waals surface area (Å²) in [5, 5.41) is -2.25. The molecule has 0 aliphatic heterocycles. The van der Waals surface area contributed by atoms with Gasteiger partial charge in [-0.1, -0.05) is 0 Å². The average molecular weight is 613 g/mol. The van der Waals surface area contributed by atoms with Crippen LogP contribution < -0.4 is 5.19 Å².